The van der Waals surface area contributed by atoms with E-state index in [0.717, 1.165) is 28.6 Å². The van der Waals surface area contributed by atoms with Crippen molar-refractivity contribution in [2.75, 3.05) is 23.8 Å². The topological polar surface area (TPSA) is 68.3 Å². The Bertz CT molecular complexity index is 882. The standard InChI is InChI=1S/C21H24N4O2/c1-4-26-17-12-10-16(11-13-17)23-20-14-15(3)22-21(25-20)24-18-8-6-7-9-19(18)27-5-2/h6-14H,4-5H2,1-3H3,(H2,22,23,24,25). The highest BCUT2D eigenvalue weighted by molar-refractivity contribution is 5.64. The number of aryl methyl sites for hydroxylation is 1. The summed E-state index contributed by atoms with van der Waals surface area (Å²) in [5.74, 6) is 2.83. The van der Waals surface area contributed by atoms with Gasteiger partial charge in [-0.25, -0.2) is 4.98 Å². The van der Waals surface area contributed by atoms with Crippen molar-refractivity contribution in [3.8, 4) is 11.5 Å². The number of ether oxygens (including phenoxy) is 2. The third-order valence-corrected chi connectivity index (χ3v) is 3.73. The van der Waals surface area contributed by atoms with Gasteiger partial charge in [-0.05, 0) is 57.2 Å². The van der Waals surface area contributed by atoms with Gasteiger partial charge >= 0.3 is 0 Å². The number of benzene rings is 2. The average Bonchev–Trinajstić information content (AvgIpc) is 2.65. The van der Waals surface area contributed by atoms with Crippen molar-refractivity contribution in [2.45, 2.75) is 20.8 Å². The van der Waals surface area contributed by atoms with Crippen LogP contribution >= 0.6 is 0 Å². The van der Waals surface area contributed by atoms with Crippen molar-refractivity contribution in [2.24, 2.45) is 0 Å². The molecule has 1 heterocycles. The van der Waals surface area contributed by atoms with E-state index in [4.69, 9.17) is 9.47 Å². The number of nitrogens with zero attached hydrogens (tertiary/aromatic N) is 2. The summed E-state index contributed by atoms with van der Waals surface area (Å²) < 4.78 is 11.1. The van der Waals surface area contributed by atoms with Gasteiger partial charge in [0.15, 0.2) is 0 Å². The predicted molar refractivity (Wildman–Crippen MR) is 109 cm³/mol. The van der Waals surface area contributed by atoms with Gasteiger partial charge in [-0.1, -0.05) is 12.1 Å². The molecule has 6 heteroatoms. The van der Waals surface area contributed by atoms with Crippen molar-refractivity contribution in [3.05, 3.63) is 60.3 Å². The lowest BCUT2D eigenvalue weighted by Gasteiger charge is -2.13. The number of hydrogen-bond donors (Lipinski definition) is 2. The molecule has 2 aromatic carbocycles. The van der Waals surface area contributed by atoms with Gasteiger partial charge < -0.3 is 20.1 Å². The summed E-state index contributed by atoms with van der Waals surface area (Å²) in [4.78, 5) is 9.04. The predicted octanol–water partition coefficient (Wildman–Crippen LogP) is 5.07. The summed E-state index contributed by atoms with van der Waals surface area (Å²) in [5.41, 5.74) is 2.61. The quantitative estimate of drug-likeness (QED) is 0.582. The average molecular weight is 364 g/mol. The first kappa shape index (κ1) is 18.5. The van der Waals surface area contributed by atoms with Gasteiger partial charge in [-0.15, -0.1) is 0 Å². The van der Waals surface area contributed by atoms with E-state index >= 15 is 0 Å². The maximum absolute atomic E-state index is 5.65. The fourth-order valence-electron chi connectivity index (χ4n) is 2.61. The minimum Gasteiger partial charge on any atom is -0.494 e. The molecule has 0 saturated heterocycles. The van der Waals surface area contributed by atoms with E-state index in [-0.39, 0.29) is 0 Å². The van der Waals surface area contributed by atoms with E-state index in [1.54, 1.807) is 0 Å². The number of nitrogens with one attached hydrogen (secondary N) is 2. The number of aromatic nitrogens is 2. The highest BCUT2D eigenvalue weighted by atomic mass is 16.5. The molecule has 0 saturated carbocycles. The maximum Gasteiger partial charge on any atom is 0.229 e. The molecule has 0 aliphatic rings. The lowest BCUT2D eigenvalue weighted by atomic mass is 10.3. The smallest absolute Gasteiger partial charge is 0.229 e. The molecule has 0 fully saturated rings. The Kier molecular flexibility index (Phi) is 6.10. The number of para-hydroxylation sites is 2. The molecule has 6 nitrogen and oxygen atoms in total. The summed E-state index contributed by atoms with van der Waals surface area (Å²) >= 11 is 0. The van der Waals surface area contributed by atoms with Crippen molar-refractivity contribution in [3.63, 3.8) is 0 Å². The zero-order chi connectivity index (χ0) is 19.1. The highest BCUT2D eigenvalue weighted by Gasteiger charge is 2.07. The molecule has 0 aliphatic carbocycles. The van der Waals surface area contributed by atoms with Crippen molar-refractivity contribution >= 4 is 23.1 Å². The third kappa shape index (κ3) is 5.10. The van der Waals surface area contributed by atoms with Crippen LogP contribution in [-0.4, -0.2) is 23.2 Å². The van der Waals surface area contributed by atoms with Crippen LogP contribution in [0, 0.1) is 6.92 Å². The summed E-state index contributed by atoms with van der Waals surface area (Å²) in [6.45, 7) is 7.10. The van der Waals surface area contributed by atoms with Crippen LogP contribution in [0.2, 0.25) is 0 Å². The van der Waals surface area contributed by atoms with E-state index < -0.39 is 0 Å². The number of anilines is 4. The summed E-state index contributed by atoms with van der Waals surface area (Å²) in [5, 5.41) is 6.55. The number of rotatable bonds is 8. The van der Waals surface area contributed by atoms with Gasteiger partial charge in [0.25, 0.3) is 0 Å². The summed E-state index contributed by atoms with van der Waals surface area (Å²) in [7, 11) is 0. The van der Waals surface area contributed by atoms with Crippen molar-refractivity contribution in [1.29, 1.82) is 0 Å². The minimum atomic E-state index is 0.510. The molecule has 0 aliphatic heterocycles. The maximum atomic E-state index is 5.65. The molecule has 3 aromatic rings. The summed E-state index contributed by atoms with van der Waals surface area (Å²) in [6.07, 6.45) is 0. The molecule has 0 radical (unpaired) electrons. The normalized spacial score (nSPS) is 10.3. The Labute approximate surface area is 159 Å². The molecule has 27 heavy (non-hydrogen) atoms. The molecular weight excluding hydrogens is 340 g/mol. The third-order valence-electron chi connectivity index (χ3n) is 3.73. The van der Waals surface area contributed by atoms with Crippen LogP contribution in [0.25, 0.3) is 0 Å². The first-order chi connectivity index (χ1) is 13.2. The van der Waals surface area contributed by atoms with Crippen LogP contribution in [0.4, 0.5) is 23.1 Å². The van der Waals surface area contributed by atoms with Gasteiger partial charge in [-0.3, -0.25) is 0 Å². The Morgan fingerprint density at radius 3 is 2.33 bits per heavy atom. The van der Waals surface area contributed by atoms with E-state index in [1.165, 1.54) is 0 Å². The minimum absolute atomic E-state index is 0.510. The fourth-order valence-corrected chi connectivity index (χ4v) is 2.61. The van der Waals surface area contributed by atoms with E-state index in [1.807, 2.05) is 75.4 Å². The van der Waals surface area contributed by atoms with E-state index in [0.29, 0.717) is 25.0 Å². The lowest BCUT2D eigenvalue weighted by molar-refractivity contribution is 0.340. The van der Waals surface area contributed by atoms with Gasteiger partial charge in [-0.2, -0.15) is 4.98 Å². The zero-order valence-electron chi connectivity index (χ0n) is 15.8. The molecular formula is C21H24N4O2. The lowest BCUT2D eigenvalue weighted by Crippen LogP contribution is -2.04. The largest absolute Gasteiger partial charge is 0.494 e. The monoisotopic (exact) mass is 364 g/mol. The SMILES string of the molecule is CCOc1ccc(Nc2cc(C)nc(Nc3ccccc3OCC)n2)cc1. The van der Waals surface area contributed by atoms with Crippen LogP contribution in [-0.2, 0) is 0 Å². The molecule has 2 N–H and O–H groups in total. The van der Waals surface area contributed by atoms with Crippen LogP contribution in [0.5, 0.6) is 11.5 Å². The van der Waals surface area contributed by atoms with Crippen LogP contribution in [0.3, 0.4) is 0 Å². The fraction of sp³-hybridized carbons (Fsp3) is 0.238. The Morgan fingerprint density at radius 2 is 1.59 bits per heavy atom. The molecule has 1 aromatic heterocycles. The zero-order valence-corrected chi connectivity index (χ0v) is 15.8. The Morgan fingerprint density at radius 1 is 0.852 bits per heavy atom. The van der Waals surface area contributed by atoms with Gasteiger partial charge in [0.05, 0.1) is 18.9 Å². The molecule has 0 spiro atoms. The first-order valence-corrected chi connectivity index (χ1v) is 9.02. The first-order valence-electron chi connectivity index (χ1n) is 9.02. The van der Waals surface area contributed by atoms with Crippen LogP contribution < -0.4 is 20.1 Å². The second-order valence-corrected chi connectivity index (χ2v) is 5.85. The van der Waals surface area contributed by atoms with Crippen LogP contribution in [0.15, 0.2) is 54.6 Å². The Hall–Kier alpha value is -3.28. The van der Waals surface area contributed by atoms with E-state index in [9.17, 15) is 0 Å². The molecule has 0 amide bonds. The van der Waals surface area contributed by atoms with E-state index in [2.05, 4.69) is 20.6 Å². The summed E-state index contributed by atoms with van der Waals surface area (Å²) in [6, 6.07) is 17.4. The van der Waals surface area contributed by atoms with Crippen molar-refractivity contribution < 1.29 is 9.47 Å². The van der Waals surface area contributed by atoms with Crippen molar-refractivity contribution in [1.82, 2.24) is 9.97 Å². The van der Waals surface area contributed by atoms with Crippen LogP contribution in [0.1, 0.15) is 19.5 Å². The number of hydrogen-bond acceptors (Lipinski definition) is 6. The molecule has 0 bridgehead atoms. The van der Waals surface area contributed by atoms with Gasteiger partial charge in [0.2, 0.25) is 5.95 Å². The second-order valence-electron chi connectivity index (χ2n) is 5.85. The molecule has 0 unspecified atom stereocenters. The van der Waals surface area contributed by atoms with Gasteiger partial charge in [0, 0.05) is 17.4 Å². The van der Waals surface area contributed by atoms with Gasteiger partial charge in [0.1, 0.15) is 17.3 Å². The Balaban J connectivity index is 1.78. The molecule has 140 valence electrons. The molecule has 0 atom stereocenters. The molecule has 3 rings (SSSR count). The second kappa shape index (κ2) is 8.89. The highest BCUT2D eigenvalue weighted by Crippen LogP contribution is 2.27.